The molecule has 7 heteroatoms. The SMILES string of the molecule is C[C@H]1C[C@H]2CCCC(c3nc(-c4ccccc4-n4c5ccccc5c5cc(-n6c7ccccc7c7ccccc76)ccc54)nc(-c4ccccc4-n4c5ccccc5c5cc(-n6c7ccccc7c7ccccc76)ccc54)n3)(C1)C2. The minimum atomic E-state index is -0.136. The first-order valence-corrected chi connectivity index (χ1v) is 28.5. The van der Waals surface area contributed by atoms with Gasteiger partial charge in [-0.05, 0) is 135 Å². The van der Waals surface area contributed by atoms with Crippen LogP contribution in [0.2, 0.25) is 0 Å². The van der Waals surface area contributed by atoms with Crippen LogP contribution >= 0.6 is 0 Å². The molecule has 0 saturated heterocycles. The molecule has 0 radical (unpaired) electrons. The molecule has 0 spiro atoms. The van der Waals surface area contributed by atoms with Crippen molar-refractivity contribution >= 4 is 87.2 Å². The third-order valence-electron chi connectivity index (χ3n) is 18.3. The van der Waals surface area contributed by atoms with Crippen LogP contribution in [0.5, 0.6) is 0 Å². The smallest absolute Gasteiger partial charge is 0.165 e. The fourth-order valence-electron chi connectivity index (χ4n) is 15.2. The maximum Gasteiger partial charge on any atom is 0.165 e. The number of hydrogen-bond donors (Lipinski definition) is 0. The Labute approximate surface area is 462 Å². The summed E-state index contributed by atoms with van der Waals surface area (Å²) in [6.45, 7) is 2.45. The van der Waals surface area contributed by atoms with Crippen LogP contribution in [-0.4, -0.2) is 33.2 Å². The average Bonchev–Trinajstić information content (AvgIpc) is 4.37. The molecule has 382 valence electrons. The van der Waals surface area contributed by atoms with E-state index in [2.05, 4.69) is 256 Å². The molecule has 0 N–H and O–H groups in total. The normalized spacial score (nSPS) is 17.6. The van der Waals surface area contributed by atoms with Gasteiger partial charge in [0, 0.05) is 71.0 Å². The van der Waals surface area contributed by atoms with Crippen molar-refractivity contribution in [3.63, 3.8) is 0 Å². The Morgan fingerprint density at radius 3 is 1.16 bits per heavy atom. The van der Waals surface area contributed by atoms with Gasteiger partial charge in [0.25, 0.3) is 0 Å². The lowest BCUT2D eigenvalue weighted by molar-refractivity contribution is 0.103. The molecule has 0 aliphatic heterocycles. The minimum absolute atomic E-state index is 0.136. The number of hydrogen-bond acceptors (Lipinski definition) is 3. The van der Waals surface area contributed by atoms with Crippen LogP contribution in [0.4, 0.5) is 0 Å². The maximum absolute atomic E-state index is 5.76. The molecule has 17 rings (SSSR count). The first-order chi connectivity index (χ1) is 39.5. The van der Waals surface area contributed by atoms with Crippen molar-refractivity contribution in [2.24, 2.45) is 11.8 Å². The highest BCUT2D eigenvalue weighted by Gasteiger charge is 2.46. The van der Waals surface area contributed by atoms with E-state index in [1.54, 1.807) is 0 Å². The van der Waals surface area contributed by atoms with Gasteiger partial charge in [-0.3, -0.25) is 0 Å². The first kappa shape index (κ1) is 45.4. The van der Waals surface area contributed by atoms with Gasteiger partial charge >= 0.3 is 0 Å². The fourth-order valence-corrected chi connectivity index (χ4v) is 15.2. The van der Waals surface area contributed by atoms with Crippen molar-refractivity contribution in [3.8, 4) is 45.5 Å². The summed E-state index contributed by atoms with van der Waals surface area (Å²) in [6.07, 6.45) is 7.03. The molecule has 3 atom stereocenters. The molecule has 80 heavy (non-hydrogen) atoms. The van der Waals surface area contributed by atoms with E-state index >= 15 is 0 Å². The molecule has 1 unspecified atom stereocenters. The Morgan fingerprint density at radius 1 is 0.362 bits per heavy atom. The van der Waals surface area contributed by atoms with Crippen LogP contribution in [0.25, 0.3) is 133 Å². The van der Waals surface area contributed by atoms with Crippen LogP contribution in [0, 0.1) is 11.8 Å². The Hall–Kier alpha value is -9.59. The second-order valence-electron chi connectivity index (χ2n) is 23.0. The van der Waals surface area contributed by atoms with E-state index < -0.39 is 0 Å². The molecular weight excluding hydrogens is 975 g/mol. The highest BCUT2D eigenvalue weighted by molar-refractivity contribution is 6.14. The lowest BCUT2D eigenvalue weighted by atomic mass is 9.59. The van der Waals surface area contributed by atoms with Crippen LogP contribution in [0.3, 0.4) is 0 Å². The average molecular weight is 1030 g/mol. The fraction of sp³-hybridized carbons (Fsp3) is 0.137. The van der Waals surface area contributed by atoms with Gasteiger partial charge in [0.1, 0.15) is 5.82 Å². The zero-order valence-corrected chi connectivity index (χ0v) is 44.5. The van der Waals surface area contributed by atoms with E-state index in [0.29, 0.717) is 23.5 Å². The standard InChI is InChI=1S/C73H55N7/c1-46-41-47-19-18-40-73(44-46,45-47)72-75-70(56-26-8-16-34-66(56)79-64-32-14-6-24-54(64)58-42-48(36-38-68(58)79)77-60-28-10-2-20-50(60)51-21-3-11-29-61(51)77)74-71(76-72)57-27-9-17-35-67(57)80-65-33-15-7-25-55(65)59-43-49(37-39-69(59)80)78-62-30-12-4-22-52(62)53-23-5-13-31-63(53)78/h2-17,20-39,42-43,46-47H,18-19,40-41,44-45H2,1H3/t46-,47+,73?/m0/s1. The highest BCUT2D eigenvalue weighted by Crippen LogP contribution is 2.52. The molecule has 7 nitrogen and oxygen atoms in total. The molecule has 2 aliphatic carbocycles. The number of benzene rings is 10. The predicted octanol–water partition coefficient (Wildman–Crippen LogP) is 18.5. The van der Waals surface area contributed by atoms with Crippen LogP contribution in [-0.2, 0) is 5.41 Å². The number of rotatable bonds is 7. The lowest BCUT2D eigenvalue weighted by Gasteiger charge is -2.46. The Kier molecular flexibility index (Phi) is 9.91. The van der Waals surface area contributed by atoms with Crippen molar-refractivity contribution < 1.29 is 0 Å². The first-order valence-electron chi connectivity index (χ1n) is 28.5. The van der Waals surface area contributed by atoms with Gasteiger partial charge in [-0.1, -0.05) is 153 Å². The third kappa shape index (κ3) is 6.70. The lowest BCUT2D eigenvalue weighted by Crippen LogP contribution is -2.41. The third-order valence-corrected chi connectivity index (χ3v) is 18.3. The molecule has 2 saturated carbocycles. The second kappa shape index (κ2) is 17.5. The van der Waals surface area contributed by atoms with Gasteiger partial charge < -0.3 is 18.3 Å². The van der Waals surface area contributed by atoms with E-state index in [1.807, 2.05) is 0 Å². The van der Waals surface area contributed by atoms with Crippen LogP contribution in [0.15, 0.2) is 231 Å². The van der Waals surface area contributed by atoms with Crippen molar-refractivity contribution in [2.75, 3.05) is 0 Å². The largest absolute Gasteiger partial charge is 0.309 e. The van der Waals surface area contributed by atoms with Gasteiger partial charge in [-0.2, -0.15) is 0 Å². The molecule has 10 aromatic carbocycles. The summed E-state index contributed by atoms with van der Waals surface area (Å²) in [5.41, 5.74) is 15.5. The molecule has 2 fully saturated rings. The van der Waals surface area contributed by atoms with Gasteiger partial charge in [-0.15, -0.1) is 0 Å². The van der Waals surface area contributed by atoms with Gasteiger partial charge in [0.2, 0.25) is 0 Å². The zero-order chi connectivity index (χ0) is 52.6. The van der Waals surface area contributed by atoms with Crippen molar-refractivity contribution in [2.45, 2.75) is 50.9 Å². The topological polar surface area (TPSA) is 58.4 Å². The van der Waals surface area contributed by atoms with Crippen molar-refractivity contribution in [1.82, 2.24) is 33.2 Å². The van der Waals surface area contributed by atoms with E-state index in [9.17, 15) is 0 Å². The predicted molar refractivity (Wildman–Crippen MR) is 330 cm³/mol. The summed E-state index contributed by atoms with van der Waals surface area (Å²) in [7, 11) is 0. The highest BCUT2D eigenvalue weighted by atomic mass is 15.1. The Bertz CT molecular complexity index is 4620. The Morgan fingerprint density at radius 2 is 0.725 bits per heavy atom. The molecular formula is C73H55N7. The minimum Gasteiger partial charge on any atom is -0.309 e. The summed E-state index contributed by atoms with van der Waals surface area (Å²) in [5, 5.41) is 9.79. The van der Waals surface area contributed by atoms with Gasteiger partial charge in [0.15, 0.2) is 11.6 Å². The van der Waals surface area contributed by atoms with E-state index in [1.165, 1.54) is 84.4 Å². The molecule has 2 aliphatic rings. The van der Waals surface area contributed by atoms with E-state index in [-0.39, 0.29) is 5.41 Å². The van der Waals surface area contributed by atoms with Gasteiger partial charge in [-0.25, -0.2) is 15.0 Å². The summed E-state index contributed by atoms with van der Waals surface area (Å²) < 4.78 is 9.72. The zero-order valence-electron chi connectivity index (χ0n) is 44.5. The quantitative estimate of drug-likeness (QED) is 0.160. The van der Waals surface area contributed by atoms with E-state index in [0.717, 1.165) is 81.0 Å². The number of aromatic nitrogens is 7. The van der Waals surface area contributed by atoms with E-state index in [4.69, 9.17) is 15.0 Å². The number of fused-ring (bicyclic) bond motifs is 14. The summed E-state index contributed by atoms with van der Waals surface area (Å²) in [4.78, 5) is 17.2. The van der Waals surface area contributed by atoms with Crippen molar-refractivity contribution in [3.05, 3.63) is 236 Å². The Balaban J connectivity index is 0.868. The number of para-hydroxylation sites is 8. The summed E-state index contributed by atoms with van der Waals surface area (Å²) in [6, 6.07) is 84.3. The van der Waals surface area contributed by atoms with Gasteiger partial charge in [0.05, 0.1) is 55.5 Å². The second-order valence-corrected chi connectivity index (χ2v) is 23.0. The molecule has 0 amide bonds. The monoisotopic (exact) mass is 1030 g/mol. The van der Waals surface area contributed by atoms with Crippen LogP contribution < -0.4 is 0 Å². The van der Waals surface area contributed by atoms with Crippen LogP contribution in [0.1, 0.15) is 51.3 Å². The number of nitrogens with zero attached hydrogens (tertiary/aromatic N) is 7. The molecule has 5 aromatic heterocycles. The maximum atomic E-state index is 5.76. The molecule has 5 heterocycles. The van der Waals surface area contributed by atoms with Crippen molar-refractivity contribution in [1.29, 1.82) is 0 Å². The summed E-state index contributed by atoms with van der Waals surface area (Å²) in [5.74, 6) is 3.61. The molecule has 2 bridgehead atoms. The molecule has 15 aromatic rings. The summed E-state index contributed by atoms with van der Waals surface area (Å²) >= 11 is 0.